The number of rotatable bonds is 4. The van der Waals surface area contributed by atoms with Crippen LogP contribution < -0.4 is 15.5 Å². The van der Waals surface area contributed by atoms with Gasteiger partial charge in [-0.1, -0.05) is 0 Å². The highest BCUT2D eigenvalue weighted by Gasteiger charge is 2.25. The number of carbonyl (C=O) groups is 1. The summed E-state index contributed by atoms with van der Waals surface area (Å²) in [4.78, 5) is 22.7. The molecule has 25 heavy (non-hydrogen) atoms. The van der Waals surface area contributed by atoms with Gasteiger partial charge >= 0.3 is 6.09 Å². The first-order valence-electron chi connectivity index (χ1n) is 8.91. The van der Waals surface area contributed by atoms with Crippen LogP contribution in [0.15, 0.2) is 6.07 Å². The Balaban J connectivity index is 1.84. The third kappa shape index (κ3) is 6.40. The molecule has 2 rings (SSSR count). The van der Waals surface area contributed by atoms with E-state index in [-0.39, 0.29) is 12.1 Å². The lowest BCUT2D eigenvalue weighted by atomic mass is 9.91. The summed E-state index contributed by atoms with van der Waals surface area (Å²) < 4.78 is 5.32. The molecule has 0 radical (unpaired) electrons. The van der Waals surface area contributed by atoms with E-state index in [2.05, 4.69) is 20.6 Å². The zero-order valence-electron chi connectivity index (χ0n) is 16.2. The molecule has 2 N–H and O–H groups in total. The van der Waals surface area contributed by atoms with Gasteiger partial charge in [0.1, 0.15) is 23.1 Å². The molecule has 0 saturated heterocycles. The summed E-state index contributed by atoms with van der Waals surface area (Å²) in [6, 6.07) is 2.51. The fourth-order valence-corrected chi connectivity index (χ4v) is 2.92. The number of anilines is 2. The van der Waals surface area contributed by atoms with Gasteiger partial charge in [-0.25, -0.2) is 14.8 Å². The zero-order chi connectivity index (χ0) is 18.6. The van der Waals surface area contributed by atoms with Crippen molar-refractivity contribution in [3.8, 4) is 0 Å². The molecular weight excluding hydrogens is 318 g/mol. The topological polar surface area (TPSA) is 79.4 Å². The molecule has 1 amide bonds. The number of aromatic nitrogens is 2. The van der Waals surface area contributed by atoms with E-state index in [0.29, 0.717) is 6.04 Å². The maximum atomic E-state index is 11.9. The molecule has 7 heteroatoms. The number of ether oxygens (including phenoxy) is 1. The van der Waals surface area contributed by atoms with Crippen LogP contribution in [0.3, 0.4) is 0 Å². The van der Waals surface area contributed by atoms with Gasteiger partial charge in [-0.2, -0.15) is 0 Å². The lowest BCUT2D eigenvalue weighted by Gasteiger charge is -2.31. The van der Waals surface area contributed by atoms with Gasteiger partial charge in [0.15, 0.2) is 0 Å². The number of nitrogens with zero attached hydrogens (tertiary/aromatic N) is 3. The molecule has 7 nitrogen and oxygen atoms in total. The molecule has 0 atom stereocenters. The van der Waals surface area contributed by atoms with E-state index in [0.717, 1.165) is 43.1 Å². The van der Waals surface area contributed by atoms with Crippen molar-refractivity contribution >= 4 is 17.7 Å². The van der Waals surface area contributed by atoms with Crippen LogP contribution in [0.5, 0.6) is 0 Å². The Morgan fingerprint density at radius 2 is 1.76 bits per heavy atom. The van der Waals surface area contributed by atoms with Gasteiger partial charge < -0.3 is 20.3 Å². The summed E-state index contributed by atoms with van der Waals surface area (Å²) >= 11 is 0. The highest BCUT2D eigenvalue weighted by molar-refractivity contribution is 5.68. The van der Waals surface area contributed by atoms with Crippen LogP contribution in [-0.2, 0) is 4.74 Å². The first kappa shape index (κ1) is 19.3. The lowest BCUT2D eigenvalue weighted by Crippen LogP contribution is -2.42. The van der Waals surface area contributed by atoms with E-state index in [1.807, 2.05) is 52.8 Å². The number of nitrogens with one attached hydrogen (secondary N) is 2. The molecule has 0 unspecified atom stereocenters. The number of alkyl carbamates (subject to hydrolysis) is 1. The molecule has 0 aromatic carbocycles. The second kappa shape index (κ2) is 7.89. The molecule has 0 bridgehead atoms. The summed E-state index contributed by atoms with van der Waals surface area (Å²) in [5.41, 5.74) is -0.460. The standard InChI is InChI=1S/C18H31N5O2/c1-12-19-15(11-16(20-12)23(5)6)21-13-7-9-14(10-8-13)22-17(24)25-18(2,3)4/h11,13-14H,7-10H2,1-6H3,(H,22,24)(H,19,20,21)/t13-,14+. The predicted octanol–water partition coefficient (Wildman–Crippen LogP) is 3.10. The van der Waals surface area contributed by atoms with Crippen molar-refractivity contribution in [3.63, 3.8) is 0 Å². The Bertz CT molecular complexity index is 590. The zero-order valence-corrected chi connectivity index (χ0v) is 16.2. The van der Waals surface area contributed by atoms with Gasteiger partial charge in [-0.3, -0.25) is 0 Å². The van der Waals surface area contributed by atoms with Gasteiger partial charge in [0.05, 0.1) is 0 Å². The Hall–Kier alpha value is -2.05. The molecule has 1 aromatic heterocycles. The highest BCUT2D eigenvalue weighted by atomic mass is 16.6. The summed E-state index contributed by atoms with van der Waals surface area (Å²) in [5.74, 6) is 2.52. The minimum atomic E-state index is -0.460. The molecule has 1 heterocycles. The van der Waals surface area contributed by atoms with Crippen LogP contribution in [0, 0.1) is 6.92 Å². The predicted molar refractivity (Wildman–Crippen MR) is 100 cm³/mol. The molecule has 140 valence electrons. The smallest absolute Gasteiger partial charge is 0.407 e. The van der Waals surface area contributed by atoms with E-state index in [1.54, 1.807) is 0 Å². The maximum Gasteiger partial charge on any atom is 0.407 e. The molecule has 1 saturated carbocycles. The SMILES string of the molecule is Cc1nc(N[C@H]2CC[C@@H](NC(=O)OC(C)(C)C)CC2)cc(N(C)C)n1. The van der Waals surface area contributed by atoms with E-state index in [9.17, 15) is 4.79 Å². The van der Waals surface area contributed by atoms with Gasteiger partial charge in [0.25, 0.3) is 0 Å². The average molecular weight is 349 g/mol. The molecule has 1 aromatic rings. The highest BCUT2D eigenvalue weighted by Crippen LogP contribution is 2.23. The van der Waals surface area contributed by atoms with E-state index >= 15 is 0 Å². The third-order valence-corrected chi connectivity index (χ3v) is 4.08. The summed E-state index contributed by atoms with van der Waals surface area (Å²) in [7, 11) is 3.94. The third-order valence-electron chi connectivity index (χ3n) is 4.08. The van der Waals surface area contributed by atoms with Crippen LogP contribution >= 0.6 is 0 Å². The van der Waals surface area contributed by atoms with Crippen molar-refractivity contribution in [3.05, 3.63) is 11.9 Å². The quantitative estimate of drug-likeness (QED) is 0.869. The second-order valence-electron chi connectivity index (χ2n) is 7.89. The summed E-state index contributed by atoms with van der Waals surface area (Å²) in [6.07, 6.45) is 3.51. The Labute approximate surface area is 150 Å². The van der Waals surface area contributed by atoms with Crippen LogP contribution in [0.2, 0.25) is 0 Å². The average Bonchev–Trinajstić information content (AvgIpc) is 2.46. The maximum absolute atomic E-state index is 11.9. The molecule has 0 aliphatic heterocycles. The number of hydrogen-bond acceptors (Lipinski definition) is 6. The van der Waals surface area contributed by atoms with Crippen molar-refractivity contribution in [2.75, 3.05) is 24.3 Å². The van der Waals surface area contributed by atoms with Gasteiger partial charge in [-0.15, -0.1) is 0 Å². The van der Waals surface area contributed by atoms with E-state index in [4.69, 9.17) is 4.74 Å². The fourth-order valence-electron chi connectivity index (χ4n) is 2.92. The van der Waals surface area contributed by atoms with Crippen LogP contribution in [0.1, 0.15) is 52.3 Å². The van der Waals surface area contributed by atoms with Gasteiger partial charge in [0, 0.05) is 32.2 Å². The van der Waals surface area contributed by atoms with Crippen molar-refractivity contribution in [1.82, 2.24) is 15.3 Å². The number of amides is 1. The Kier molecular flexibility index (Phi) is 6.08. The number of hydrogen-bond donors (Lipinski definition) is 2. The molecule has 1 aliphatic rings. The first-order chi connectivity index (χ1) is 11.6. The first-order valence-corrected chi connectivity index (χ1v) is 8.91. The number of carbonyl (C=O) groups excluding carboxylic acids is 1. The van der Waals surface area contributed by atoms with Crippen LogP contribution in [0.25, 0.3) is 0 Å². The normalized spacial score (nSPS) is 20.7. The van der Waals surface area contributed by atoms with E-state index in [1.165, 1.54) is 0 Å². The van der Waals surface area contributed by atoms with Gasteiger partial charge in [0.2, 0.25) is 0 Å². The molecule has 1 fully saturated rings. The molecule has 1 aliphatic carbocycles. The van der Waals surface area contributed by atoms with Crippen LogP contribution in [0.4, 0.5) is 16.4 Å². The number of aryl methyl sites for hydroxylation is 1. The molecule has 0 spiro atoms. The Morgan fingerprint density at radius 3 is 2.32 bits per heavy atom. The Morgan fingerprint density at radius 1 is 1.16 bits per heavy atom. The van der Waals surface area contributed by atoms with Crippen molar-refractivity contribution in [2.24, 2.45) is 0 Å². The largest absolute Gasteiger partial charge is 0.444 e. The fraction of sp³-hybridized carbons (Fsp3) is 0.722. The van der Waals surface area contributed by atoms with Crippen molar-refractivity contribution in [2.45, 2.75) is 71.1 Å². The van der Waals surface area contributed by atoms with Crippen molar-refractivity contribution < 1.29 is 9.53 Å². The minimum Gasteiger partial charge on any atom is -0.444 e. The summed E-state index contributed by atoms with van der Waals surface area (Å²) in [6.45, 7) is 7.52. The van der Waals surface area contributed by atoms with Crippen LogP contribution in [-0.4, -0.2) is 47.8 Å². The monoisotopic (exact) mass is 349 g/mol. The van der Waals surface area contributed by atoms with E-state index < -0.39 is 5.60 Å². The van der Waals surface area contributed by atoms with Crippen molar-refractivity contribution in [1.29, 1.82) is 0 Å². The van der Waals surface area contributed by atoms with Gasteiger partial charge in [-0.05, 0) is 53.4 Å². The molecular formula is C18H31N5O2. The lowest BCUT2D eigenvalue weighted by molar-refractivity contribution is 0.0492. The minimum absolute atomic E-state index is 0.178. The second-order valence-corrected chi connectivity index (χ2v) is 7.89. The summed E-state index contributed by atoms with van der Waals surface area (Å²) in [5, 5.41) is 6.48.